The van der Waals surface area contributed by atoms with E-state index >= 15 is 0 Å². The summed E-state index contributed by atoms with van der Waals surface area (Å²) in [4.78, 5) is 11.6. The van der Waals surface area contributed by atoms with Gasteiger partial charge in [-0.2, -0.15) is 13.2 Å². The van der Waals surface area contributed by atoms with Gasteiger partial charge in [-0.15, -0.1) is 0 Å². The Hall–Kier alpha value is -1.59. The van der Waals surface area contributed by atoms with Crippen molar-refractivity contribution in [3.8, 4) is 0 Å². The van der Waals surface area contributed by atoms with Crippen LogP contribution in [0.25, 0.3) is 0 Å². The fourth-order valence-corrected chi connectivity index (χ4v) is 1.29. The second-order valence-electron chi connectivity index (χ2n) is 3.98. The molecule has 0 aliphatic carbocycles. The maximum Gasteiger partial charge on any atom is 0.419 e. The highest BCUT2D eigenvalue weighted by Crippen LogP contribution is 2.31. The lowest BCUT2D eigenvalue weighted by Gasteiger charge is -2.13. The average molecular weight is 263 g/mol. The first-order valence-corrected chi connectivity index (χ1v) is 5.43. The zero-order valence-electron chi connectivity index (χ0n) is 9.94. The van der Waals surface area contributed by atoms with Gasteiger partial charge in [-0.3, -0.25) is 4.79 Å². The number of carbonyl (C=O) groups is 1. The fourth-order valence-electron chi connectivity index (χ4n) is 1.29. The lowest BCUT2D eigenvalue weighted by atomic mass is 10.1. The van der Waals surface area contributed by atoms with E-state index in [0.717, 1.165) is 6.07 Å². The van der Waals surface area contributed by atoms with E-state index in [1.807, 2.05) is 6.92 Å². The average Bonchev–Trinajstić information content (AvgIpc) is 2.27. The molecule has 18 heavy (non-hydrogen) atoms. The van der Waals surface area contributed by atoms with Crippen molar-refractivity contribution >= 4 is 5.91 Å². The van der Waals surface area contributed by atoms with Crippen LogP contribution in [0, 0.1) is 5.82 Å². The van der Waals surface area contributed by atoms with Gasteiger partial charge in [-0.1, -0.05) is 6.92 Å². The molecule has 1 aromatic carbocycles. The number of nitrogens with one attached hydrogen (secondary N) is 1. The number of benzene rings is 1. The highest BCUT2D eigenvalue weighted by molar-refractivity contribution is 5.94. The van der Waals surface area contributed by atoms with Crippen molar-refractivity contribution in [2.75, 3.05) is 0 Å². The molecular formula is C12H13F4NO. The summed E-state index contributed by atoms with van der Waals surface area (Å²) < 4.78 is 50.4. The predicted octanol–water partition coefficient (Wildman–Crippen LogP) is 3.37. The summed E-state index contributed by atoms with van der Waals surface area (Å²) in [7, 11) is 0. The van der Waals surface area contributed by atoms with E-state index in [1.54, 1.807) is 6.92 Å². The summed E-state index contributed by atoms with van der Waals surface area (Å²) in [6, 6.07) is 2.04. The van der Waals surface area contributed by atoms with Gasteiger partial charge in [0.15, 0.2) is 0 Å². The third kappa shape index (κ3) is 3.45. The monoisotopic (exact) mass is 263 g/mol. The molecule has 0 aliphatic heterocycles. The molecule has 2 nitrogen and oxygen atoms in total. The number of hydrogen-bond acceptors (Lipinski definition) is 1. The number of alkyl halides is 3. The number of hydrogen-bond donors (Lipinski definition) is 1. The molecule has 1 rings (SSSR count). The van der Waals surface area contributed by atoms with Crippen LogP contribution in [0.1, 0.15) is 36.2 Å². The number of amides is 1. The molecular weight excluding hydrogens is 250 g/mol. The Labute approximate surface area is 102 Å². The smallest absolute Gasteiger partial charge is 0.350 e. The Kier molecular flexibility index (Phi) is 4.32. The highest BCUT2D eigenvalue weighted by atomic mass is 19.4. The normalized spacial score (nSPS) is 13.2. The first-order chi connectivity index (χ1) is 8.25. The van der Waals surface area contributed by atoms with E-state index in [4.69, 9.17) is 0 Å². The topological polar surface area (TPSA) is 29.1 Å². The van der Waals surface area contributed by atoms with Gasteiger partial charge in [0, 0.05) is 11.6 Å². The van der Waals surface area contributed by atoms with E-state index in [2.05, 4.69) is 5.32 Å². The molecule has 0 radical (unpaired) electrons. The van der Waals surface area contributed by atoms with Gasteiger partial charge in [0.25, 0.3) is 5.91 Å². The Morgan fingerprint density at radius 3 is 2.50 bits per heavy atom. The van der Waals surface area contributed by atoms with Crippen LogP contribution < -0.4 is 5.32 Å². The fraction of sp³-hybridized carbons (Fsp3) is 0.417. The van der Waals surface area contributed by atoms with Crippen LogP contribution in [-0.2, 0) is 6.18 Å². The molecule has 0 spiro atoms. The molecule has 1 unspecified atom stereocenters. The second-order valence-corrected chi connectivity index (χ2v) is 3.98. The summed E-state index contributed by atoms with van der Waals surface area (Å²) in [5.41, 5.74) is -1.64. The minimum Gasteiger partial charge on any atom is -0.350 e. The molecule has 0 aliphatic rings. The first kappa shape index (κ1) is 14.5. The van der Waals surface area contributed by atoms with Crippen molar-refractivity contribution in [1.82, 2.24) is 5.32 Å². The number of rotatable bonds is 3. The number of halogens is 4. The molecule has 0 saturated carbocycles. The lowest BCUT2D eigenvalue weighted by molar-refractivity contribution is -0.140. The third-order valence-electron chi connectivity index (χ3n) is 2.52. The van der Waals surface area contributed by atoms with Crippen molar-refractivity contribution < 1.29 is 22.4 Å². The molecule has 1 aromatic rings. The van der Waals surface area contributed by atoms with Crippen LogP contribution in [0.4, 0.5) is 17.6 Å². The summed E-state index contributed by atoms with van der Waals surface area (Å²) in [6.45, 7) is 3.56. The van der Waals surface area contributed by atoms with Gasteiger partial charge >= 0.3 is 6.18 Å². The Bertz CT molecular complexity index is 442. The first-order valence-electron chi connectivity index (χ1n) is 5.43. The van der Waals surface area contributed by atoms with Crippen molar-refractivity contribution in [3.05, 3.63) is 35.1 Å². The molecule has 1 atom stereocenters. The van der Waals surface area contributed by atoms with Gasteiger partial charge in [-0.05, 0) is 31.5 Å². The van der Waals surface area contributed by atoms with Crippen LogP contribution in [-0.4, -0.2) is 11.9 Å². The Balaban J connectivity index is 3.02. The summed E-state index contributed by atoms with van der Waals surface area (Å²) >= 11 is 0. The minimum atomic E-state index is -4.81. The van der Waals surface area contributed by atoms with E-state index in [-0.39, 0.29) is 11.6 Å². The molecule has 0 aromatic heterocycles. The maximum atomic E-state index is 13.0. The van der Waals surface area contributed by atoms with Gasteiger partial charge in [0.1, 0.15) is 5.82 Å². The minimum absolute atomic E-state index is 0.156. The SMILES string of the molecule is CCC(C)NC(=O)c1ccc(F)c(C(F)(F)F)c1. The molecule has 1 N–H and O–H groups in total. The van der Waals surface area contributed by atoms with Crippen molar-refractivity contribution in [2.24, 2.45) is 0 Å². The van der Waals surface area contributed by atoms with E-state index in [9.17, 15) is 22.4 Å². The van der Waals surface area contributed by atoms with Crippen LogP contribution in [0.3, 0.4) is 0 Å². The van der Waals surface area contributed by atoms with Gasteiger partial charge < -0.3 is 5.32 Å². The standard InChI is InChI=1S/C12H13F4NO/c1-3-7(2)17-11(18)8-4-5-10(13)9(6-8)12(14,15)16/h4-7H,3H2,1-2H3,(H,17,18). The Morgan fingerprint density at radius 2 is 2.00 bits per heavy atom. The maximum absolute atomic E-state index is 13.0. The third-order valence-corrected chi connectivity index (χ3v) is 2.52. The molecule has 1 amide bonds. The summed E-state index contributed by atoms with van der Waals surface area (Å²) in [6.07, 6.45) is -4.16. The van der Waals surface area contributed by atoms with Crippen LogP contribution in [0.5, 0.6) is 0 Å². The zero-order chi connectivity index (χ0) is 13.9. The molecule has 0 fully saturated rings. The second kappa shape index (κ2) is 5.37. The van der Waals surface area contributed by atoms with Crippen molar-refractivity contribution in [3.63, 3.8) is 0 Å². The molecule has 0 saturated heterocycles. The van der Waals surface area contributed by atoms with Gasteiger partial charge in [-0.25, -0.2) is 4.39 Å². The van der Waals surface area contributed by atoms with E-state index < -0.39 is 23.5 Å². The van der Waals surface area contributed by atoms with Gasteiger partial charge in [0.05, 0.1) is 5.56 Å². The van der Waals surface area contributed by atoms with Crippen LogP contribution in [0.2, 0.25) is 0 Å². The molecule has 6 heteroatoms. The number of carbonyl (C=O) groups excluding carboxylic acids is 1. The van der Waals surface area contributed by atoms with E-state index in [1.165, 1.54) is 0 Å². The highest BCUT2D eigenvalue weighted by Gasteiger charge is 2.34. The Morgan fingerprint density at radius 1 is 1.39 bits per heavy atom. The predicted molar refractivity (Wildman–Crippen MR) is 58.6 cm³/mol. The van der Waals surface area contributed by atoms with Gasteiger partial charge in [0.2, 0.25) is 0 Å². The van der Waals surface area contributed by atoms with Crippen molar-refractivity contribution in [2.45, 2.75) is 32.5 Å². The molecule has 100 valence electrons. The molecule has 0 heterocycles. The zero-order valence-corrected chi connectivity index (χ0v) is 9.94. The summed E-state index contributed by atoms with van der Waals surface area (Å²) in [5, 5.41) is 2.52. The van der Waals surface area contributed by atoms with Crippen LogP contribution >= 0.6 is 0 Å². The van der Waals surface area contributed by atoms with Crippen molar-refractivity contribution in [1.29, 1.82) is 0 Å². The van der Waals surface area contributed by atoms with E-state index in [0.29, 0.717) is 18.6 Å². The lowest BCUT2D eigenvalue weighted by Crippen LogP contribution is -2.32. The van der Waals surface area contributed by atoms with Crippen LogP contribution in [0.15, 0.2) is 18.2 Å². The quantitative estimate of drug-likeness (QED) is 0.832. The largest absolute Gasteiger partial charge is 0.419 e. The summed E-state index contributed by atoms with van der Waals surface area (Å²) in [5.74, 6) is -2.03. The molecule has 0 bridgehead atoms.